The van der Waals surface area contributed by atoms with Crippen LogP contribution in [0.4, 0.5) is 4.79 Å². The molecule has 184 valence electrons. The largest absolute Gasteiger partial charge is 0.506 e. The van der Waals surface area contributed by atoms with Gasteiger partial charge >= 0.3 is 6.16 Å². The Balaban J connectivity index is 1.52. The minimum absolute atomic E-state index is 0.122. The SMILES string of the molecule is CC(C)CCC[C@@H](C)[C@H]1CC[C@H]2[C@H]3CC[C@@H]4C[C@H](O)CC(OC(=O)O)[C@]4(C)[C@H]3CC[C@]12C. The molecular formula is C28H48O4. The second-order valence-electron chi connectivity index (χ2n) is 13.0. The number of fused-ring (bicyclic) bond motifs is 5. The molecule has 4 nitrogen and oxygen atoms in total. The van der Waals surface area contributed by atoms with Gasteiger partial charge in [0.15, 0.2) is 0 Å². The van der Waals surface area contributed by atoms with Gasteiger partial charge in [-0.3, -0.25) is 0 Å². The lowest BCUT2D eigenvalue weighted by molar-refractivity contribution is -0.185. The average Bonchev–Trinajstić information content (AvgIpc) is 3.05. The van der Waals surface area contributed by atoms with Crippen molar-refractivity contribution in [1.82, 2.24) is 0 Å². The number of hydrogen-bond donors (Lipinski definition) is 2. The van der Waals surface area contributed by atoms with E-state index in [0.29, 0.717) is 29.6 Å². The lowest BCUT2D eigenvalue weighted by Crippen LogP contribution is -2.60. The molecule has 0 bridgehead atoms. The molecule has 10 atom stereocenters. The molecule has 2 N–H and O–H groups in total. The van der Waals surface area contributed by atoms with Crippen LogP contribution in [0.3, 0.4) is 0 Å². The highest BCUT2D eigenvalue weighted by molar-refractivity contribution is 5.57. The van der Waals surface area contributed by atoms with Crippen molar-refractivity contribution in [2.45, 2.75) is 117 Å². The molecule has 1 unspecified atom stereocenters. The summed E-state index contributed by atoms with van der Waals surface area (Å²) in [7, 11) is 0. The number of aliphatic hydroxyl groups excluding tert-OH is 1. The summed E-state index contributed by atoms with van der Waals surface area (Å²) in [6, 6.07) is 0. The molecule has 4 aliphatic rings. The average molecular weight is 449 g/mol. The highest BCUT2D eigenvalue weighted by atomic mass is 16.7. The van der Waals surface area contributed by atoms with Crippen LogP contribution < -0.4 is 0 Å². The monoisotopic (exact) mass is 448 g/mol. The van der Waals surface area contributed by atoms with E-state index in [0.717, 1.165) is 36.5 Å². The van der Waals surface area contributed by atoms with Crippen molar-refractivity contribution in [2.24, 2.45) is 52.3 Å². The summed E-state index contributed by atoms with van der Waals surface area (Å²) in [5.41, 5.74) is 0.321. The minimum atomic E-state index is -1.18. The number of carboxylic acid groups (broad SMARTS) is 1. The zero-order valence-electron chi connectivity index (χ0n) is 21.2. The molecule has 0 spiro atoms. The minimum Gasteiger partial charge on any atom is -0.450 e. The molecule has 0 saturated heterocycles. The highest BCUT2D eigenvalue weighted by Gasteiger charge is 2.63. The predicted octanol–water partition coefficient (Wildman–Crippen LogP) is 7.14. The van der Waals surface area contributed by atoms with Crippen LogP contribution in [0.15, 0.2) is 0 Å². The first kappa shape index (κ1) is 24.4. The third kappa shape index (κ3) is 4.12. The van der Waals surface area contributed by atoms with Crippen LogP contribution in [-0.4, -0.2) is 28.6 Å². The zero-order valence-corrected chi connectivity index (χ0v) is 21.2. The van der Waals surface area contributed by atoms with E-state index in [1.165, 1.54) is 51.4 Å². The summed E-state index contributed by atoms with van der Waals surface area (Å²) in [4.78, 5) is 11.5. The Bertz CT molecular complexity index is 676. The molecule has 4 rings (SSSR count). The Labute approximate surface area is 195 Å². The van der Waals surface area contributed by atoms with Crippen LogP contribution in [0, 0.1) is 52.3 Å². The molecule has 0 heterocycles. The maximum absolute atomic E-state index is 11.5. The smallest absolute Gasteiger partial charge is 0.450 e. The summed E-state index contributed by atoms with van der Waals surface area (Å²) in [6.45, 7) is 12.1. The summed E-state index contributed by atoms with van der Waals surface area (Å²) < 4.78 is 5.50. The van der Waals surface area contributed by atoms with Crippen LogP contribution in [0.25, 0.3) is 0 Å². The van der Waals surface area contributed by atoms with E-state index in [-0.39, 0.29) is 11.5 Å². The van der Waals surface area contributed by atoms with Crippen LogP contribution in [0.2, 0.25) is 0 Å². The molecule has 0 aromatic carbocycles. The van der Waals surface area contributed by atoms with Crippen molar-refractivity contribution < 1.29 is 19.7 Å². The van der Waals surface area contributed by atoms with E-state index in [1.807, 2.05) is 0 Å². The first-order chi connectivity index (χ1) is 15.1. The van der Waals surface area contributed by atoms with E-state index < -0.39 is 12.3 Å². The Kier molecular flexibility index (Phi) is 6.94. The highest BCUT2D eigenvalue weighted by Crippen LogP contribution is 2.68. The fraction of sp³-hybridized carbons (Fsp3) is 0.964. The zero-order chi connectivity index (χ0) is 23.3. The summed E-state index contributed by atoms with van der Waals surface area (Å²) >= 11 is 0. The quantitative estimate of drug-likeness (QED) is 0.424. The number of hydrogen-bond acceptors (Lipinski definition) is 3. The van der Waals surface area contributed by atoms with Gasteiger partial charge in [-0.25, -0.2) is 4.79 Å². The van der Waals surface area contributed by atoms with Gasteiger partial charge in [0.1, 0.15) is 6.10 Å². The molecule has 32 heavy (non-hydrogen) atoms. The molecule has 0 aromatic rings. The van der Waals surface area contributed by atoms with Gasteiger partial charge in [-0.1, -0.05) is 53.9 Å². The van der Waals surface area contributed by atoms with E-state index in [4.69, 9.17) is 4.74 Å². The second kappa shape index (κ2) is 9.12. The number of aliphatic hydroxyl groups is 1. The molecular weight excluding hydrogens is 400 g/mol. The van der Waals surface area contributed by atoms with Gasteiger partial charge in [0, 0.05) is 11.8 Å². The van der Waals surface area contributed by atoms with E-state index >= 15 is 0 Å². The van der Waals surface area contributed by atoms with Crippen LogP contribution in [-0.2, 0) is 4.74 Å². The van der Waals surface area contributed by atoms with Gasteiger partial charge in [-0.05, 0) is 91.8 Å². The summed E-state index contributed by atoms with van der Waals surface area (Å²) in [5, 5.41) is 19.9. The van der Waals surface area contributed by atoms with Crippen molar-refractivity contribution in [3.8, 4) is 0 Å². The van der Waals surface area contributed by atoms with Gasteiger partial charge in [0.2, 0.25) is 0 Å². The Morgan fingerprint density at radius 2 is 1.75 bits per heavy atom. The van der Waals surface area contributed by atoms with Crippen LogP contribution in [0.5, 0.6) is 0 Å². The fourth-order valence-electron chi connectivity index (χ4n) is 9.59. The maximum atomic E-state index is 11.5. The van der Waals surface area contributed by atoms with Gasteiger partial charge < -0.3 is 14.9 Å². The Morgan fingerprint density at radius 3 is 2.44 bits per heavy atom. The third-order valence-electron chi connectivity index (χ3n) is 11.1. The fourth-order valence-corrected chi connectivity index (χ4v) is 9.59. The van der Waals surface area contributed by atoms with Crippen molar-refractivity contribution in [1.29, 1.82) is 0 Å². The summed E-state index contributed by atoms with van der Waals surface area (Å²) in [6.07, 6.45) is 11.0. The molecule has 4 aliphatic carbocycles. The van der Waals surface area contributed by atoms with Crippen molar-refractivity contribution in [3.63, 3.8) is 0 Å². The normalized spacial score (nSPS) is 46.8. The van der Waals surface area contributed by atoms with Gasteiger partial charge in [0.25, 0.3) is 0 Å². The molecule has 0 amide bonds. The molecule has 0 radical (unpaired) electrons. The van der Waals surface area contributed by atoms with Crippen molar-refractivity contribution in [3.05, 3.63) is 0 Å². The van der Waals surface area contributed by atoms with Crippen LogP contribution in [0.1, 0.15) is 105 Å². The van der Waals surface area contributed by atoms with Crippen molar-refractivity contribution >= 4 is 6.16 Å². The topological polar surface area (TPSA) is 66.8 Å². The van der Waals surface area contributed by atoms with Crippen molar-refractivity contribution in [2.75, 3.05) is 0 Å². The van der Waals surface area contributed by atoms with Gasteiger partial charge in [-0.15, -0.1) is 0 Å². The molecule has 4 saturated carbocycles. The van der Waals surface area contributed by atoms with E-state index in [2.05, 4.69) is 34.6 Å². The molecule has 4 heteroatoms. The predicted molar refractivity (Wildman–Crippen MR) is 127 cm³/mol. The van der Waals surface area contributed by atoms with Gasteiger partial charge in [0.05, 0.1) is 6.10 Å². The first-order valence-electron chi connectivity index (χ1n) is 13.6. The van der Waals surface area contributed by atoms with E-state index in [1.54, 1.807) is 0 Å². The van der Waals surface area contributed by atoms with Gasteiger partial charge in [-0.2, -0.15) is 0 Å². The number of rotatable bonds is 6. The second-order valence-corrected chi connectivity index (χ2v) is 13.0. The van der Waals surface area contributed by atoms with E-state index in [9.17, 15) is 15.0 Å². The maximum Gasteiger partial charge on any atom is 0.506 e. The van der Waals surface area contributed by atoms with Crippen LogP contribution >= 0.6 is 0 Å². The third-order valence-corrected chi connectivity index (χ3v) is 11.1. The Morgan fingerprint density at radius 1 is 1.00 bits per heavy atom. The lowest BCUT2D eigenvalue weighted by Gasteiger charge is -2.62. The first-order valence-corrected chi connectivity index (χ1v) is 13.6. The number of carbonyl (C=O) groups is 1. The molecule has 4 fully saturated rings. The Hall–Kier alpha value is -0.770. The number of ether oxygens (including phenoxy) is 1. The molecule has 0 aliphatic heterocycles. The molecule has 0 aromatic heterocycles. The lowest BCUT2D eigenvalue weighted by atomic mass is 9.43. The summed E-state index contributed by atoms with van der Waals surface area (Å²) in [5.74, 6) is 4.83. The standard InChI is InChI=1S/C28H48O4/c1-17(2)7-6-8-18(3)22-11-12-23-21-10-9-19-15-20(29)16-25(32-26(30)31)28(19,5)24(21)13-14-27(22,23)4/h17-25,29H,6-16H2,1-5H3,(H,30,31)/t18-,19-,20+,21-,22-,23+,24+,25?,27-,28+/m1/s1.